The summed E-state index contributed by atoms with van der Waals surface area (Å²) in [5, 5.41) is 0. The van der Waals surface area contributed by atoms with Crippen LogP contribution < -0.4 is 5.73 Å². The third kappa shape index (κ3) is 3.77. The van der Waals surface area contributed by atoms with Crippen molar-refractivity contribution in [3.05, 3.63) is 28.7 Å². The third-order valence-corrected chi connectivity index (χ3v) is 4.79. The Morgan fingerprint density at radius 2 is 2.12 bits per heavy atom. The molecule has 4 nitrogen and oxygen atoms in total. The van der Waals surface area contributed by atoms with Crippen molar-refractivity contribution in [2.45, 2.75) is 11.8 Å². The smallest absolute Gasteiger partial charge is 0.242 e. The van der Waals surface area contributed by atoms with Gasteiger partial charge in [-0.15, -0.1) is 0 Å². The van der Waals surface area contributed by atoms with Crippen LogP contribution in [0.4, 0.5) is 0 Å². The molecule has 0 bridgehead atoms. The van der Waals surface area contributed by atoms with Crippen LogP contribution >= 0.6 is 15.9 Å². The molecule has 6 heteroatoms. The minimum absolute atomic E-state index is 0.141. The molecule has 1 aromatic carbocycles. The zero-order chi connectivity index (χ0) is 13.1. The number of hydrogen-bond donors (Lipinski definition) is 1. The number of halogens is 1. The predicted molar refractivity (Wildman–Crippen MR) is 72.2 cm³/mol. The van der Waals surface area contributed by atoms with Gasteiger partial charge in [0.25, 0.3) is 0 Å². The standard InChI is InChI=1S/C11H17BrN2O2S/c1-9(7-13)8-14(2)17(15,16)11-5-3-4-10(12)6-11/h3-6,9H,7-8,13H2,1-2H3. The second-order valence-electron chi connectivity index (χ2n) is 4.08. The third-order valence-electron chi connectivity index (χ3n) is 2.48. The molecule has 1 unspecified atom stereocenters. The van der Waals surface area contributed by atoms with Crippen LogP contribution in [-0.2, 0) is 10.0 Å². The molecular formula is C11H17BrN2O2S. The van der Waals surface area contributed by atoms with Crippen molar-refractivity contribution in [2.24, 2.45) is 11.7 Å². The number of rotatable bonds is 5. The summed E-state index contributed by atoms with van der Waals surface area (Å²) >= 11 is 3.27. The monoisotopic (exact) mass is 320 g/mol. The molecule has 1 rings (SSSR count). The van der Waals surface area contributed by atoms with Gasteiger partial charge >= 0.3 is 0 Å². The summed E-state index contributed by atoms with van der Waals surface area (Å²) in [5.41, 5.74) is 5.50. The van der Waals surface area contributed by atoms with Gasteiger partial charge in [-0.3, -0.25) is 0 Å². The maximum atomic E-state index is 12.2. The minimum Gasteiger partial charge on any atom is -0.330 e. The minimum atomic E-state index is -3.42. The first-order valence-electron chi connectivity index (χ1n) is 5.30. The van der Waals surface area contributed by atoms with Crippen LogP contribution in [0.1, 0.15) is 6.92 Å². The lowest BCUT2D eigenvalue weighted by Crippen LogP contribution is -2.33. The van der Waals surface area contributed by atoms with E-state index >= 15 is 0 Å². The van der Waals surface area contributed by atoms with Gasteiger partial charge < -0.3 is 5.73 Å². The van der Waals surface area contributed by atoms with Crippen LogP contribution in [0.3, 0.4) is 0 Å². The molecule has 0 heterocycles. The molecule has 0 spiro atoms. The van der Waals surface area contributed by atoms with Crippen LogP contribution in [0.5, 0.6) is 0 Å². The molecule has 0 radical (unpaired) electrons. The van der Waals surface area contributed by atoms with Gasteiger partial charge in [-0.25, -0.2) is 12.7 Å². The van der Waals surface area contributed by atoms with E-state index in [0.29, 0.717) is 18.0 Å². The van der Waals surface area contributed by atoms with Gasteiger partial charge in [0.05, 0.1) is 4.90 Å². The van der Waals surface area contributed by atoms with E-state index in [2.05, 4.69) is 15.9 Å². The molecule has 1 aromatic rings. The van der Waals surface area contributed by atoms with Gasteiger partial charge in [-0.2, -0.15) is 0 Å². The highest BCUT2D eigenvalue weighted by Crippen LogP contribution is 2.19. The second-order valence-corrected chi connectivity index (χ2v) is 7.04. The Hall–Kier alpha value is -0.430. The van der Waals surface area contributed by atoms with Gasteiger partial charge in [0.1, 0.15) is 0 Å². The van der Waals surface area contributed by atoms with Crippen molar-refractivity contribution in [3.8, 4) is 0 Å². The average molecular weight is 321 g/mol. The largest absolute Gasteiger partial charge is 0.330 e. The molecule has 1 atom stereocenters. The van der Waals surface area contributed by atoms with E-state index in [1.807, 2.05) is 6.92 Å². The Bertz CT molecular complexity index is 476. The van der Waals surface area contributed by atoms with Gasteiger partial charge in [-0.05, 0) is 30.7 Å². The summed E-state index contributed by atoms with van der Waals surface area (Å²) in [6.45, 7) is 2.82. The van der Waals surface area contributed by atoms with E-state index in [0.717, 1.165) is 4.47 Å². The van der Waals surface area contributed by atoms with Crippen molar-refractivity contribution in [2.75, 3.05) is 20.1 Å². The van der Waals surface area contributed by atoms with Crippen LogP contribution in [0, 0.1) is 5.92 Å². The van der Waals surface area contributed by atoms with Crippen molar-refractivity contribution >= 4 is 26.0 Å². The lowest BCUT2D eigenvalue weighted by Gasteiger charge is -2.20. The molecule has 0 saturated heterocycles. The number of nitrogens with two attached hydrogens (primary N) is 1. The molecule has 0 saturated carbocycles. The quantitative estimate of drug-likeness (QED) is 0.897. The van der Waals surface area contributed by atoms with Gasteiger partial charge in [-0.1, -0.05) is 28.9 Å². The normalized spacial score (nSPS) is 13.9. The van der Waals surface area contributed by atoms with Crippen molar-refractivity contribution in [1.82, 2.24) is 4.31 Å². The van der Waals surface area contributed by atoms with E-state index < -0.39 is 10.0 Å². The fourth-order valence-corrected chi connectivity index (χ4v) is 3.31. The molecule has 17 heavy (non-hydrogen) atoms. The van der Waals surface area contributed by atoms with Crippen LogP contribution in [0.25, 0.3) is 0 Å². The first-order chi connectivity index (χ1) is 7.87. The van der Waals surface area contributed by atoms with Gasteiger partial charge in [0.15, 0.2) is 0 Å². The average Bonchev–Trinajstić information content (AvgIpc) is 2.28. The highest BCUT2D eigenvalue weighted by atomic mass is 79.9. The van der Waals surface area contributed by atoms with Gasteiger partial charge in [0, 0.05) is 18.1 Å². The van der Waals surface area contributed by atoms with Gasteiger partial charge in [0.2, 0.25) is 10.0 Å². The molecule has 96 valence electrons. The molecule has 2 N–H and O–H groups in total. The van der Waals surface area contributed by atoms with Crippen LogP contribution in [-0.4, -0.2) is 32.9 Å². The number of nitrogens with zero attached hydrogens (tertiary/aromatic N) is 1. The lowest BCUT2D eigenvalue weighted by molar-refractivity contribution is 0.405. The SMILES string of the molecule is CC(CN)CN(C)S(=O)(=O)c1cccc(Br)c1. The topological polar surface area (TPSA) is 63.4 Å². The summed E-state index contributed by atoms with van der Waals surface area (Å²) in [5.74, 6) is 0.141. The molecule has 0 aliphatic rings. The number of benzene rings is 1. The van der Waals surface area contributed by atoms with E-state index in [9.17, 15) is 8.42 Å². The zero-order valence-electron chi connectivity index (χ0n) is 9.93. The Labute approximate surface area is 111 Å². The molecule has 0 aliphatic carbocycles. The fraction of sp³-hybridized carbons (Fsp3) is 0.455. The molecular weight excluding hydrogens is 304 g/mol. The zero-order valence-corrected chi connectivity index (χ0v) is 12.3. The van der Waals surface area contributed by atoms with E-state index in [-0.39, 0.29) is 5.92 Å². The van der Waals surface area contributed by atoms with Crippen molar-refractivity contribution < 1.29 is 8.42 Å². The maximum absolute atomic E-state index is 12.2. The lowest BCUT2D eigenvalue weighted by atomic mass is 10.2. The van der Waals surface area contributed by atoms with E-state index in [1.54, 1.807) is 31.3 Å². The number of hydrogen-bond acceptors (Lipinski definition) is 3. The summed E-state index contributed by atoms with van der Waals surface area (Å²) in [6.07, 6.45) is 0. The van der Waals surface area contributed by atoms with Crippen LogP contribution in [0.2, 0.25) is 0 Å². The highest BCUT2D eigenvalue weighted by molar-refractivity contribution is 9.10. The Kier molecular flexibility index (Phi) is 5.12. The Balaban J connectivity index is 2.95. The number of sulfonamides is 1. The van der Waals surface area contributed by atoms with E-state index in [4.69, 9.17) is 5.73 Å². The first kappa shape index (κ1) is 14.6. The first-order valence-corrected chi connectivity index (χ1v) is 7.53. The molecule has 0 amide bonds. The van der Waals surface area contributed by atoms with Crippen molar-refractivity contribution in [1.29, 1.82) is 0 Å². The van der Waals surface area contributed by atoms with Crippen LogP contribution in [0.15, 0.2) is 33.6 Å². The Morgan fingerprint density at radius 3 is 2.65 bits per heavy atom. The molecule has 0 aliphatic heterocycles. The summed E-state index contributed by atoms with van der Waals surface area (Å²) in [7, 11) is -1.85. The maximum Gasteiger partial charge on any atom is 0.242 e. The summed E-state index contributed by atoms with van der Waals surface area (Å²) in [6, 6.07) is 6.68. The second kappa shape index (κ2) is 5.95. The summed E-state index contributed by atoms with van der Waals surface area (Å²) < 4.78 is 26.5. The molecule has 0 aromatic heterocycles. The predicted octanol–water partition coefficient (Wildman–Crippen LogP) is 1.66. The van der Waals surface area contributed by atoms with Crippen molar-refractivity contribution in [3.63, 3.8) is 0 Å². The highest BCUT2D eigenvalue weighted by Gasteiger charge is 2.21. The Morgan fingerprint density at radius 1 is 1.47 bits per heavy atom. The fourth-order valence-electron chi connectivity index (χ4n) is 1.42. The molecule has 0 fully saturated rings. The van der Waals surface area contributed by atoms with E-state index in [1.165, 1.54) is 4.31 Å². The summed E-state index contributed by atoms with van der Waals surface area (Å²) in [4.78, 5) is 0.290.